The van der Waals surface area contributed by atoms with Crippen LogP contribution in [0.15, 0.2) is 18.2 Å². The molecule has 0 aromatic heterocycles. The third-order valence-corrected chi connectivity index (χ3v) is 4.99. The third kappa shape index (κ3) is 4.47. The highest BCUT2D eigenvalue weighted by molar-refractivity contribution is 6.31. The maximum atomic E-state index is 13.2. The van der Waals surface area contributed by atoms with Gasteiger partial charge in [-0.25, -0.2) is 4.39 Å². The average molecular weight is 355 g/mol. The van der Waals surface area contributed by atoms with Crippen LogP contribution in [0.3, 0.4) is 0 Å². The summed E-state index contributed by atoms with van der Waals surface area (Å²) in [7, 11) is 0. The van der Waals surface area contributed by atoms with Crippen LogP contribution in [0.5, 0.6) is 0 Å². The van der Waals surface area contributed by atoms with Crippen molar-refractivity contribution in [3.8, 4) is 0 Å². The molecule has 1 aliphatic heterocycles. The van der Waals surface area contributed by atoms with Crippen LogP contribution in [-0.4, -0.2) is 29.8 Å². The van der Waals surface area contributed by atoms with E-state index in [2.05, 4.69) is 5.32 Å². The van der Waals surface area contributed by atoms with E-state index < -0.39 is 5.82 Å². The topological polar surface area (TPSA) is 49.4 Å². The van der Waals surface area contributed by atoms with Crippen LogP contribution in [0.25, 0.3) is 0 Å². The minimum Gasteiger partial charge on any atom is -0.342 e. The Morgan fingerprint density at radius 1 is 1.29 bits per heavy atom. The first kappa shape index (κ1) is 18.7. The normalized spacial score (nSPS) is 15.6. The van der Waals surface area contributed by atoms with Crippen LogP contribution in [0.2, 0.25) is 5.02 Å². The molecular formula is C18H24ClFN2O2. The Kier molecular flexibility index (Phi) is 6.60. The maximum absolute atomic E-state index is 13.2. The van der Waals surface area contributed by atoms with Crippen molar-refractivity contribution in [2.75, 3.05) is 18.4 Å². The lowest BCUT2D eigenvalue weighted by Crippen LogP contribution is -2.43. The molecule has 2 rings (SSSR count). The van der Waals surface area contributed by atoms with Gasteiger partial charge in [0.1, 0.15) is 5.82 Å². The second kappa shape index (κ2) is 8.47. The molecule has 0 unspecified atom stereocenters. The highest BCUT2D eigenvalue weighted by Gasteiger charge is 2.29. The van der Waals surface area contributed by atoms with Crippen LogP contribution >= 0.6 is 11.6 Å². The number of piperidine rings is 1. The number of halogens is 2. The fourth-order valence-electron chi connectivity index (χ4n) is 3.08. The molecule has 1 fully saturated rings. The van der Waals surface area contributed by atoms with Gasteiger partial charge in [-0.2, -0.15) is 0 Å². The van der Waals surface area contributed by atoms with Crippen LogP contribution in [-0.2, 0) is 9.59 Å². The van der Waals surface area contributed by atoms with E-state index in [9.17, 15) is 14.0 Å². The van der Waals surface area contributed by atoms with Gasteiger partial charge in [0.05, 0.1) is 5.02 Å². The van der Waals surface area contributed by atoms with Gasteiger partial charge in [-0.15, -0.1) is 0 Å². The number of likely N-dealkylation sites (tertiary alicyclic amines) is 1. The second-order valence-corrected chi connectivity index (χ2v) is 6.64. The summed E-state index contributed by atoms with van der Waals surface area (Å²) in [5.41, 5.74) is 0.488. The number of carbonyl (C=O) groups excluding carboxylic acids is 2. The molecule has 0 bridgehead atoms. The molecule has 24 heavy (non-hydrogen) atoms. The standard InChI is InChI=1S/C18H24ClFN2O2/c1-3-12(4-2)18(24)22-9-7-13(8-10-22)17(23)21-14-5-6-16(20)15(19)11-14/h5-6,11-13H,3-4,7-10H2,1-2H3,(H,21,23). The van der Waals surface area contributed by atoms with Crippen LogP contribution in [0.1, 0.15) is 39.5 Å². The summed E-state index contributed by atoms with van der Waals surface area (Å²) in [6.45, 7) is 5.27. The largest absolute Gasteiger partial charge is 0.342 e. The van der Waals surface area contributed by atoms with Gasteiger partial charge in [0.2, 0.25) is 11.8 Å². The van der Waals surface area contributed by atoms with Gasteiger partial charge in [-0.05, 0) is 43.9 Å². The first-order chi connectivity index (χ1) is 11.5. The van der Waals surface area contributed by atoms with Gasteiger partial charge in [0.25, 0.3) is 0 Å². The van der Waals surface area contributed by atoms with Crippen LogP contribution in [0, 0.1) is 17.7 Å². The van der Waals surface area contributed by atoms with Gasteiger partial charge in [-0.3, -0.25) is 9.59 Å². The maximum Gasteiger partial charge on any atom is 0.227 e. The van der Waals surface area contributed by atoms with Crippen molar-refractivity contribution in [2.24, 2.45) is 11.8 Å². The molecule has 4 nitrogen and oxygen atoms in total. The molecule has 0 saturated carbocycles. The number of amides is 2. The minimum atomic E-state index is -0.511. The monoisotopic (exact) mass is 354 g/mol. The molecule has 6 heteroatoms. The fraction of sp³-hybridized carbons (Fsp3) is 0.556. The lowest BCUT2D eigenvalue weighted by molar-refractivity contribution is -0.138. The molecule has 1 N–H and O–H groups in total. The van der Waals surface area contributed by atoms with Gasteiger partial charge in [0.15, 0.2) is 0 Å². The summed E-state index contributed by atoms with van der Waals surface area (Å²) in [4.78, 5) is 26.6. The van der Waals surface area contributed by atoms with E-state index in [0.29, 0.717) is 31.6 Å². The second-order valence-electron chi connectivity index (χ2n) is 6.23. The molecule has 0 spiro atoms. The Balaban J connectivity index is 1.88. The van der Waals surface area contributed by atoms with Gasteiger partial charge in [-0.1, -0.05) is 25.4 Å². The predicted molar refractivity (Wildman–Crippen MR) is 93.4 cm³/mol. The van der Waals surface area contributed by atoms with Crippen molar-refractivity contribution in [1.82, 2.24) is 4.90 Å². The summed E-state index contributed by atoms with van der Waals surface area (Å²) in [6.07, 6.45) is 2.99. The highest BCUT2D eigenvalue weighted by atomic mass is 35.5. The van der Waals surface area contributed by atoms with Crippen LogP contribution < -0.4 is 5.32 Å². The van der Waals surface area contributed by atoms with E-state index in [1.165, 1.54) is 18.2 Å². The van der Waals surface area contributed by atoms with E-state index in [4.69, 9.17) is 11.6 Å². The zero-order chi connectivity index (χ0) is 17.7. The van der Waals surface area contributed by atoms with E-state index in [1.807, 2.05) is 18.7 Å². The van der Waals surface area contributed by atoms with Gasteiger partial charge < -0.3 is 10.2 Å². The molecule has 1 heterocycles. The lowest BCUT2D eigenvalue weighted by Gasteiger charge is -2.33. The molecule has 2 amide bonds. The molecular weight excluding hydrogens is 331 g/mol. The van der Waals surface area contributed by atoms with Crippen molar-refractivity contribution in [1.29, 1.82) is 0 Å². The summed E-state index contributed by atoms with van der Waals surface area (Å²) < 4.78 is 13.2. The third-order valence-electron chi connectivity index (χ3n) is 4.70. The van der Waals surface area contributed by atoms with E-state index in [-0.39, 0.29) is 28.7 Å². The Morgan fingerprint density at radius 2 is 1.92 bits per heavy atom. The molecule has 132 valence electrons. The number of hydrogen-bond acceptors (Lipinski definition) is 2. The Hall–Kier alpha value is -1.62. The molecule has 1 aromatic rings. The highest BCUT2D eigenvalue weighted by Crippen LogP contribution is 2.24. The van der Waals surface area contributed by atoms with Crippen molar-refractivity contribution in [3.63, 3.8) is 0 Å². The number of benzene rings is 1. The fourth-order valence-corrected chi connectivity index (χ4v) is 3.26. The number of carbonyl (C=O) groups is 2. The molecule has 0 radical (unpaired) electrons. The quantitative estimate of drug-likeness (QED) is 0.865. The van der Waals surface area contributed by atoms with Crippen molar-refractivity contribution in [2.45, 2.75) is 39.5 Å². The smallest absolute Gasteiger partial charge is 0.227 e. The molecule has 1 aromatic carbocycles. The summed E-state index contributed by atoms with van der Waals surface area (Å²) in [6, 6.07) is 4.13. The first-order valence-corrected chi connectivity index (χ1v) is 8.88. The average Bonchev–Trinajstić information content (AvgIpc) is 2.59. The number of hydrogen-bond donors (Lipinski definition) is 1. The lowest BCUT2D eigenvalue weighted by atomic mass is 9.93. The van der Waals surface area contributed by atoms with Gasteiger partial charge >= 0.3 is 0 Å². The predicted octanol–water partition coefficient (Wildman–Crippen LogP) is 4.09. The zero-order valence-electron chi connectivity index (χ0n) is 14.1. The number of nitrogens with one attached hydrogen (secondary N) is 1. The summed E-state index contributed by atoms with van der Waals surface area (Å²) in [5, 5.41) is 2.76. The Labute approximate surface area is 147 Å². The molecule has 1 aliphatic rings. The molecule has 0 atom stereocenters. The Bertz CT molecular complexity index is 597. The van der Waals surface area contributed by atoms with E-state index in [1.54, 1.807) is 0 Å². The van der Waals surface area contributed by atoms with Crippen molar-refractivity contribution < 1.29 is 14.0 Å². The number of nitrogens with zero attached hydrogens (tertiary/aromatic N) is 1. The van der Waals surface area contributed by atoms with Gasteiger partial charge in [0, 0.05) is 30.6 Å². The van der Waals surface area contributed by atoms with E-state index in [0.717, 1.165) is 12.8 Å². The summed E-state index contributed by atoms with van der Waals surface area (Å²) in [5.74, 6) is -0.476. The molecule has 0 aliphatic carbocycles. The minimum absolute atomic E-state index is 0.0154. The Morgan fingerprint density at radius 3 is 2.46 bits per heavy atom. The van der Waals surface area contributed by atoms with E-state index >= 15 is 0 Å². The van der Waals surface area contributed by atoms with Crippen molar-refractivity contribution >= 4 is 29.1 Å². The molecule has 1 saturated heterocycles. The number of anilines is 1. The first-order valence-electron chi connectivity index (χ1n) is 8.50. The van der Waals surface area contributed by atoms with Crippen molar-refractivity contribution in [3.05, 3.63) is 29.0 Å². The SMILES string of the molecule is CCC(CC)C(=O)N1CCC(C(=O)Nc2ccc(F)c(Cl)c2)CC1. The van der Waals surface area contributed by atoms with Crippen LogP contribution in [0.4, 0.5) is 10.1 Å². The zero-order valence-corrected chi connectivity index (χ0v) is 14.9. The summed E-state index contributed by atoms with van der Waals surface area (Å²) >= 11 is 5.72. The number of rotatable bonds is 5.